The van der Waals surface area contributed by atoms with Gasteiger partial charge < -0.3 is 14.6 Å². The first kappa shape index (κ1) is 22.3. The van der Waals surface area contributed by atoms with Gasteiger partial charge in [-0.3, -0.25) is 4.79 Å². The smallest absolute Gasteiger partial charge is 0.253 e. The van der Waals surface area contributed by atoms with Crippen LogP contribution < -0.4 is 10.1 Å². The first-order chi connectivity index (χ1) is 15.5. The average Bonchev–Trinajstić information content (AvgIpc) is 3.54. The number of nitrogens with one attached hydrogen (secondary N) is 1. The van der Waals surface area contributed by atoms with Gasteiger partial charge in [0.25, 0.3) is 5.91 Å². The molecule has 0 aliphatic rings. The summed E-state index contributed by atoms with van der Waals surface area (Å²) in [5, 5.41) is 8.14. The van der Waals surface area contributed by atoms with Gasteiger partial charge in [-0.1, -0.05) is 19.9 Å². The Hall–Kier alpha value is -2.90. The van der Waals surface area contributed by atoms with Gasteiger partial charge in [-0.15, -0.1) is 22.7 Å². The predicted octanol–water partition coefficient (Wildman–Crippen LogP) is 6.09. The number of aromatic nitrogens is 2. The topological polar surface area (TPSA) is 56.1 Å². The van der Waals surface area contributed by atoms with Crippen LogP contribution in [0.1, 0.15) is 34.8 Å². The van der Waals surface area contributed by atoms with E-state index in [1.165, 1.54) is 4.88 Å². The van der Waals surface area contributed by atoms with Crippen LogP contribution >= 0.6 is 22.7 Å². The highest BCUT2D eigenvalue weighted by atomic mass is 32.1. The van der Waals surface area contributed by atoms with E-state index in [1.807, 2.05) is 37.3 Å². The molecule has 4 rings (SSSR count). The van der Waals surface area contributed by atoms with E-state index in [-0.39, 0.29) is 5.91 Å². The first-order valence-electron chi connectivity index (χ1n) is 10.6. The fraction of sp³-hybridized carbons (Fsp3) is 0.280. The molecule has 0 saturated heterocycles. The van der Waals surface area contributed by atoms with E-state index in [0.29, 0.717) is 24.6 Å². The van der Waals surface area contributed by atoms with Crippen LogP contribution in [0.2, 0.25) is 0 Å². The lowest BCUT2D eigenvalue weighted by Gasteiger charge is -2.10. The van der Waals surface area contributed by atoms with Gasteiger partial charge in [-0.2, -0.15) is 0 Å². The third kappa shape index (κ3) is 4.79. The molecule has 0 radical (unpaired) electrons. The van der Waals surface area contributed by atoms with E-state index in [0.717, 1.165) is 33.4 Å². The van der Waals surface area contributed by atoms with Crippen molar-refractivity contribution < 1.29 is 9.53 Å². The molecular weight excluding hydrogens is 438 g/mol. The Morgan fingerprint density at radius 1 is 1.19 bits per heavy atom. The highest BCUT2D eigenvalue weighted by Gasteiger charge is 2.21. The summed E-state index contributed by atoms with van der Waals surface area (Å²) in [6, 6.07) is 14.1. The van der Waals surface area contributed by atoms with Crippen LogP contribution in [0.15, 0.2) is 53.2 Å². The van der Waals surface area contributed by atoms with Crippen molar-refractivity contribution in [2.24, 2.45) is 5.92 Å². The lowest BCUT2D eigenvalue weighted by Crippen LogP contribution is -2.27. The van der Waals surface area contributed by atoms with Crippen LogP contribution in [0.3, 0.4) is 0 Å². The van der Waals surface area contributed by atoms with E-state index in [4.69, 9.17) is 9.72 Å². The lowest BCUT2D eigenvalue weighted by atomic mass is 10.2. The molecule has 3 aromatic heterocycles. The van der Waals surface area contributed by atoms with Crippen molar-refractivity contribution in [3.63, 3.8) is 0 Å². The van der Waals surface area contributed by atoms with Crippen LogP contribution in [0.5, 0.6) is 5.75 Å². The molecule has 1 N–H and O–H groups in total. The van der Waals surface area contributed by atoms with Gasteiger partial charge in [0.1, 0.15) is 10.8 Å². The molecule has 166 valence electrons. The molecule has 32 heavy (non-hydrogen) atoms. The third-order valence-electron chi connectivity index (χ3n) is 5.28. The zero-order chi connectivity index (χ0) is 22.7. The maximum atomic E-state index is 12.9. The molecular formula is C25H27N3O2S2. The highest BCUT2D eigenvalue weighted by Crippen LogP contribution is 2.33. The number of ether oxygens (including phenoxy) is 1. The number of hydrogen-bond donors (Lipinski definition) is 1. The monoisotopic (exact) mass is 465 g/mol. The maximum Gasteiger partial charge on any atom is 0.253 e. The molecule has 1 amide bonds. The van der Waals surface area contributed by atoms with Crippen molar-refractivity contribution in [3.05, 3.63) is 69.4 Å². The molecule has 0 fully saturated rings. The molecule has 0 unspecified atom stereocenters. The second kappa shape index (κ2) is 9.71. The van der Waals surface area contributed by atoms with E-state index in [1.54, 1.807) is 29.8 Å². The largest absolute Gasteiger partial charge is 0.497 e. The van der Waals surface area contributed by atoms with Gasteiger partial charge in [0, 0.05) is 28.1 Å². The van der Waals surface area contributed by atoms with Crippen molar-refractivity contribution in [2.75, 3.05) is 13.7 Å². The molecule has 7 heteroatoms. The molecule has 0 spiro atoms. The molecule has 1 aromatic carbocycles. The summed E-state index contributed by atoms with van der Waals surface area (Å²) in [7, 11) is 1.66. The summed E-state index contributed by atoms with van der Waals surface area (Å²) in [5.41, 5.74) is 4.54. The Kier molecular flexibility index (Phi) is 6.77. The number of hydrogen-bond acceptors (Lipinski definition) is 5. The quantitative estimate of drug-likeness (QED) is 0.342. The van der Waals surface area contributed by atoms with Crippen molar-refractivity contribution in [3.8, 4) is 27.7 Å². The van der Waals surface area contributed by atoms with Gasteiger partial charge in [0.2, 0.25) is 0 Å². The molecule has 4 aromatic rings. The van der Waals surface area contributed by atoms with Crippen molar-refractivity contribution >= 4 is 28.6 Å². The lowest BCUT2D eigenvalue weighted by molar-refractivity contribution is 0.0948. The fourth-order valence-corrected chi connectivity index (χ4v) is 5.01. The highest BCUT2D eigenvalue weighted by molar-refractivity contribution is 7.13. The van der Waals surface area contributed by atoms with Crippen molar-refractivity contribution in [1.82, 2.24) is 14.9 Å². The normalized spacial score (nSPS) is 11.2. The molecule has 0 aliphatic carbocycles. The second-order valence-electron chi connectivity index (χ2n) is 8.06. The zero-order valence-electron chi connectivity index (χ0n) is 18.7. The van der Waals surface area contributed by atoms with Gasteiger partial charge in [0.15, 0.2) is 0 Å². The first-order valence-corrected chi connectivity index (χ1v) is 12.3. The Balaban J connectivity index is 1.71. The molecule has 0 atom stereocenters. The number of thiophene rings is 1. The van der Waals surface area contributed by atoms with Gasteiger partial charge in [-0.25, -0.2) is 4.98 Å². The van der Waals surface area contributed by atoms with E-state index in [2.05, 4.69) is 46.6 Å². The fourth-order valence-electron chi connectivity index (χ4n) is 3.50. The summed E-state index contributed by atoms with van der Waals surface area (Å²) in [6.07, 6.45) is 0. The summed E-state index contributed by atoms with van der Waals surface area (Å²) >= 11 is 3.32. The summed E-state index contributed by atoms with van der Waals surface area (Å²) < 4.78 is 7.46. The van der Waals surface area contributed by atoms with Crippen LogP contribution in [-0.2, 0) is 6.54 Å². The number of nitrogens with zero attached hydrogens (tertiary/aromatic N) is 2. The Morgan fingerprint density at radius 2 is 1.97 bits per heavy atom. The minimum absolute atomic E-state index is 0.0343. The maximum absolute atomic E-state index is 12.9. The minimum atomic E-state index is -0.0343. The van der Waals surface area contributed by atoms with Crippen LogP contribution in [0, 0.1) is 12.8 Å². The standard InChI is InChI=1S/C25H27N3O2S2/c1-16(2)13-26-24(29)21-12-23(28(17(21)3)14-20-6-5-11-31-20)22-15-32-25(27-22)18-7-9-19(30-4)10-8-18/h5-12,15-16H,13-14H2,1-4H3,(H,26,29). The van der Waals surface area contributed by atoms with E-state index < -0.39 is 0 Å². The van der Waals surface area contributed by atoms with Gasteiger partial charge >= 0.3 is 0 Å². The van der Waals surface area contributed by atoms with E-state index >= 15 is 0 Å². The number of rotatable bonds is 8. The number of benzene rings is 1. The number of carbonyl (C=O) groups is 1. The average molecular weight is 466 g/mol. The number of amides is 1. The van der Waals surface area contributed by atoms with Crippen LogP contribution in [0.25, 0.3) is 22.0 Å². The second-order valence-corrected chi connectivity index (χ2v) is 9.95. The van der Waals surface area contributed by atoms with Crippen LogP contribution in [-0.4, -0.2) is 29.1 Å². The number of thiazole rings is 1. The SMILES string of the molecule is COc1ccc(-c2nc(-c3cc(C(=O)NCC(C)C)c(C)n3Cc3cccs3)cs2)cc1. The van der Waals surface area contributed by atoms with Crippen molar-refractivity contribution in [2.45, 2.75) is 27.3 Å². The summed E-state index contributed by atoms with van der Waals surface area (Å²) in [6.45, 7) is 7.57. The zero-order valence-corrected chi connectivity index (χ0v) is 20.3. The Labute approximate surface area is 196 Å². The number of carbonyl (C=O) groups excluding carboxylic acids is 1. The Morgan fingerprint density at radius 3 is 2.62 bits per heavy atom. The Bertz CT molecular complexity index is 1190. The minimum Gasteiger partial charge on any atom is -0.497 e. The molecule has 0 aliphatic heterocycles. The summed E-state index contributed by atoms with van der Waals surface area (Å²) in [4.78, 5) is 19.1. The third-order valence-corrected chi connectivity index (χ3v) is 7.03. The molecule has 3 heterocycles. The molecule has 0 bridgehead atoms. The van der Waals surface area contributed by atoms with Gasteiger partial charge in [-0.05, 0) is 54.6 Å². The van der Waals surface area contributed by atoms with Crippen LogP contribution in [0.4, 0.5) is 0 Å². The van der Waals surface area contributed by atoms with Crippen molar-refractivity contribution in [1.29, 1.82) is 0 Å². The number of methoxy groups -OCH3 is 1. The molecule has 5 nitrogen and oxygen atoms in total. The van der Waals surface area contributed by atoms with Gasteiger partial charge in [0.05, 0.1) is 30.6 Å². The molecule has 0 saturated carbocycles. The summed E-state index contributed by atoms with van der Waals surface area (Å²) in [5.74, 6) is 1.19. The van der Waals surface area contributed by atoms with E-state index in [9.17, 15) is 4.79 Å². The predicted molar refractivity (Wildman–Crippen MR) is 133 cm³/mol.